The zero-order valence-electron chi connectivity index (χ0n) is 22.9. The third kappa shape index (κ3) is 6.05. The molecule has 8 heteroatoms. The van der Waals surface area contributed by atoms with Crippen LogP contribution in [-0.2, 0) is 6.54 Å². The fourth-order valence-corrected chi connectivity index (χ4v) is 5.00. The summed E-state index contributed by atoms with van der Waals surface area (Å²) in [6.45, 7) is 4.18. The van der Waals surface area contributed by atoms with Gasteiger partial charge in [0.25, 0.3) is 5.91 Å². The number of carbonyl (C=O) groups excluding carboxylic acids is 1. The van der Waals surface area contributed by atoms with Crippen molar-refractivity contribution in [3.8, 4) is 22.6 Å². The van der Waals surface area contributed by atoms with E-state index in [1.54, 1.807) is 48.1 Å². The third-order valence-electron chi connectivity index (χ3n) is 6.65. The van der Waals surface area contributed by atoms with E-state index in [9.17, 15) is 14.7 Å². The quantitative estimate of drug-likeness (QED) is 0.190. The summed E-state index contributed by atoms with van der Waals surface area (Å²) in [5, 5.41) is 14.4. The number of hydrogen-bond donors (Lipinski definition) is 2. The molecule has 7 nitrogen and oxygen atoms in total. The molecule has 1 heterocycles. The van der Waals surface area contributed by atoms with Crippen molar-refractivity contribution in [3.05, 3.63) is 113 Å². The molecule has 5 rings (SSSR count). The van der Waals surface area contributed by atoms with Crippen LogP contribution >= 0.6 is 11.6 Å². The summed E-state index contributed by atoms with van der Waals surface area (Å²) in [5.41, 5.74) is 3.89. The fraction of sp³-hybridized carbons (Fsp3) is 0.152. The standard InChI is InChI=1S/C33H29ClN2O5/c1-20(2)41-27-14-7-22(8-15-27)24-11-16-28-29(18-24)36(19-21-5-4-6-25(34)17-21)31(33(38)39)30(28)35-32(37)23-9-12-26(40-3)13-10-23/h4-18,20H,19H2,1-3H3,(H,35,37)(H,38,39). The van der Waals surface area contributed by atoms with E-state index < -0.39 is 11.9 Å². The Balaban J connectivity index is 1.63. The first-order valence-electron chi connectivity index (χ1n) is 13.1. The number of aromatic nitrogens is 1. The smallest absolute Gasteiger partial charge is 0.354 e. The second kappa shape index (κ2) is 11.8. The lowest BCUT2D eigenvalue weighted by Crippen LogP contribution is -2.16. The number of carboxylic acid groups (broad SMARTS) is 1. The SMILES string of the molecule is COc1ccc(C(=O)Nc2c(C(=O)O)n(Cc3cccc(Cl)c3)c3cc(-c4ccc(OC(C)C)cc4)ccc23)cc1. The van der Waals surface area contributed by atoms with E-state index in [0.717, 1.165) is 22.4 Å². The number of ether oxygens (including phenoxy) is 2. The second-order valence-electron chi connectivity index (χ2n) is 9.85. The van der Waals surface area contributed by atoms with Gasteiger partial charge in [-0.15, -0.1) is 0 Å². The number of halogens is 1. The summed E-state index contributed by atoms with van der Waals surface area (Å²) in [6, 6.07) is 27.3. The number of hydrogen-bond acceptors (Lipinski definition) is 4. The Kier molecular flexibility index (Phi) is 7.99. The number of benzene rings is 4. The van der Waals surface area contributed by atoms with Crippen LogP contribution in [0.2, 0.25) is 5.02 Å². The highest BCUT2D eigenvalue weighted by Gasteiger charge is 2.25. The fourth-order valence-electron chi connectivity index (χ4n) is 4.79. The van der Waals surface area contributed by atoms with E-state index in [0.29, 0.717) is 27.2 Å². The monoisotopic (exact) mass is 568 g/mol. The Morgan fingerprint density at radius 2 is 1.59 bits per heavy atom. The summed E-state index contributed by atoms with van der Waals surface area (Å²) in [4.78, 5) is 26.0. The van der Waals surface area contributed by atoms with Gasteiger partial charge in [0.15, 0.2) is 5.69 Å². The Morgan fingerprint density at radius 3 is 2.22 bits per heavy atom. The average molecular weight is 569 g/mol. The molecule has 0 saturated carbocycles. The normalized spacial score (nSPS) is 11.0. The van der Waals surface area contributed by atoms with Crippen molar-refractivity contribution in [2.45, 2.75) is 26.5 Å². The zero-order chi connectivity index (χ0) is 29.1. The van der Waals surface area contributed by atoms with Gasteiger partial charge in [-0.05, 0) is 85.1 Å². The molecular weight excluding hydrogens is 540 g/mol. The number of anilines is 1. The Morgan fingerprint density at radius 1 is 0.902 bits per heavy atom. The molecule has 0 aliphatic heterocycles. The number of carboxylic acids is 1. The van der Waals surface area contributed by atoms with E-state index >= 15 is 0 Å². The number of nitrogens with zero attached hydrogens (tertiary/aromatic N) is 1. The highest BCUT2D eigenvalue weighted by atomic mass is 35.5. The van der Waals surface area contributed by atoms with Crippen molar-refractivity contribution >= 4 is 40.1 Å². The molecule has 0 aliphatic carbocycles. The van der Waals surface area contributed by atoms with Gasteiger partial charge < -0.3 is 24.5 Å². The van der Waals surface area contributed by atoms with Crippen molar-refractivity contribution in [2.75, 3.05) is 12.4 Å². The van der Waals surface area contributed by atoms with Crippen LogP contribution in [0.15, 0.2) is 91.0 Å². The maximum atomic E-state index is 13.3. The molecule has 0 radical (unpaired) electrons. The highest BCUT2D eigenvalue weighted by molar-refractivity contribution is 6.30. The predicted octanol–water partition coefficient (Wildman–Crippen LogP) is 7.76. The minimum absolute atomic E-state index is 0.0281. The lowest BCUT2D eigenvalue weighted by molar-refractivity contribution is 0.0687. The number of amides is 1. The Labute approximate surface area is 242 Å². The molecule has 41 heavy (non-hydrogen) atoms. The second-order valence-corrected chi connectivity index (χ2v) is 10.3. The average Bonchev–Trinajstić information content (AvgIpc) is 3.25. The largest absolute Gasteiger partial charge is 0.497 e. The number of rotatable bonds is 9. The van der Waals surface area contributed by atoms with Gasteiger partial charge in [-0.1, -0.05) is 48.0 Å². The van der Waals surface area contributed by atoms with Crippen molar-refractivity contribution in [2.24, 2.45) is 0 Å². The van der Waals surface area contributed by atoms with Gasteiger partial charge >= 0.3 is 5.97 Å². The zero-order valence-corrected chi connectivity index (χ0v) is 23.6. The van der Waals surface area contributed by atoms with Crippen molar-refractivity contribution in [1.29, 1.82) is 0 Å². The summed E-state index contributed by atoms with van der Waals surface area (Å²) in [7, 11) is 1.55. The van der Waals surface area contributed by atoms with Crippen LogP contribution in [0.3, 0.4) is 0 Å². The van der Waals surface area contributed by atoms with Crippen molar-refractivity contribution in [3.63, 3.8) is 0 Å². The van der Waals surface area contributed by atoms with Crippen LogP contribution in [0.5, 0.6) is 11.5 Å². The van der Waals surface area contributed by atoms with Crippen LogP contribution in [0.25, 0.3) is 22.0 Å². The molecule has 0 spiro atoms. The number of aromatic carboxylic acids is 1. The van der Waals surface area contributed by atoms with E-state index in [4.69, 9.17) is 21.1 Å². The molecular formula is C33H29ClN2O5. The van der Waals surface area contributed by atoms with E-state index in [1.807, 2.05) is 68.4 Å². The van der Waals surface area contributed by atoms with E-state index in [2.05, 4.69) is 5.32 Å². The number of methoxy groups -OCH3 is 1. The Bertz CT molecular complexity index is 1720. The molecule has 1 aromatic heterocycles. The molecule has 0 saturated heterocycles. The first-order valence-corrected chi connectivity index (χ1v) is 13.5. The predicted molar refractivity (Wildman–Crippen MR) is 162 cm³/mol. The molecule has 2 N–H and O–H groups in total. The van der Waals surface area contributed by atoms with Gasteiger partial charge in [-0.3, -0.25) is 4.79 Å². The highest BCUT2D eigenvalue weighted by Crippen LogP contribution is 2.36. The van der Waals surface area contributed by atoms with E-state index in [1.165, 1.54) is 0 Å². The number of fused-ring (bicyclic) bond motifs is 1. The van der Waals surface area contributed by atoms with Gasteiger partial charge in [-0.2, -0.15) is 0 Å². The number of carbonyl (C=O) groups is 2. The molecule has 0 fully saturated rings. The van der Waals surface area contributed by atoms with Gasteiger partial charge in [0.2, 0.25) is 0 Å². The molecule has 0 bridgehead atoms. The van der Waals surface area contributed by atoms with E-state index in [-0.39, 0.29) is 24.0 Å². The molecule has 0 aliphatic rings. The van der Waals surface area contributed by atoms with Crippen molar-refractivity contribution < 1.29 is 24.2 Å². The maximum Gasteiger partial charge on any atom is 0.354 e. The summed E-state index contributed by atoms with van der Waals surface area (Å²) >= 11 is 6.24. The summed E-state index contributed by atoms with van der Waals surface area (Å²) < 4.78 is 12.7. The molecule has 1 amide bonds. The van der Waals surface area contributed by atoms with Gasteiger partial charge in [0.1, 0.15) is 11.5 Å². The van der Waals surface area contributed by atoms with Gasteiger partial charge in [0.05, 0.1) is 24.4 Å². The lowest BCUT2D eigenvalue weighted by atomic mass is 10.0. The maximum absolute atomic E-state index is 13.3. The van der Waals surface area contributed by atoms with Gasteiger partial charge in [-0.25, -0.2) is 4.79 Å². The first kappa shape index (κ1) is 27.8. The molecule has 4 aromatic carbocycles. The summed E-state index contributed by atoms with van der Waals surface area (Å²) in [5.74, 6) is -0.208. The van der Waals surface area contributed by atoms with Crippen LogP contribution in [-0.4, -0.2) is 34.8 Å². The van der Waals surface area contributed by atoms with Gasteiger partial charge in [0, 0.05) is 22.5 Å². The van der Waals surface area contributed by atoms with Crippen LogP contribution in [0, 0.1) is 0 Å². The number of nitrogens with one attached hydrogen (secondary N) is 1. The minimum atomic E-state index is -1.16. The van der Waals surface area contributed by atoms with Crippen molar-refractivity contribution in [1.82, 2.24) is 4.57 Å². The topological polar surface area (TPSA) is 89.8 Å². The molecule has 208 valence electrons. The lowest BCUT2D eigenvalue weighted by Gasteiger charge is -2.12. The van der Waals surface area contributed by atoms with Crippen LogP contribution < -0.4 is 14.8 Å². The first-order chi connectivity index (χ1) is 19.7. The third-order valence-corrected chi connectivity index (χ3v) is 6.88. The van der Waals surface area contributed by atoms with Crippen LogP contribution in [0.1, 0.15) is 40.3 Å². The molecule has 0 atom stereocenters. The molecule has 5 aromatic rings. The summed E-state index contributed by atoms with van der Waals surface area (Å²) in [6.07, 6.45) is 0.0629. The van der Waals surface area contributed by atoms with Crippen LogP contribution in [0.4, 0.5) is 5.69 Å². The minimum Gasteiger partial charge on any atom is -0.497 e. The Hall–Kier alpha value is -4.75. The molecule has 0 unspecified atom stereocenters.